The molecule has 2 N–H and O–H groups in total. The van der Waals surface area contributed by atoms with Crippen molar-refractivity contribution in [2.24, 2.45) is 5.41 Å². The van der Waals surface area contributed by atoms with Gasteiger partial charge >= 0.3 is 0 Å². The SMILES string of the molecule is COc1ccccc1OCC(O)CNC1CC1(C)C. The van der Waals surface area contributed by atoms with Gasteiger partial charge in [-0.3, -0.25) is 0 Å². The molecule has 2 atom stereocenters. The monoisotopic (exact) mass is 265 g/mol. The Bertz CT molecular complexity index is 420. The molecule has 0 radical (unpaired) electrons. The first-order chi connectivity index (χ1) is 9.03. The van der Waals surface area contributed by atoms with E-state index >= 15 is 0 Å². The van der Waals surface area contributed by atoms with Crippen molar-refractivity contribution in [3.63, 3.8) is 0 Å². The number of nitrogens with one attached hydrogen (secondary N) is 1. The number of aliphatic hydroxyl groups is 1. The molecule has 4 heteroatoms. The summed E-state index contributed by atoms with van der Waals surface area (Å²) in [5, 5.41) is 13.2. The number of para-hydroxylation sites is 2. The zero-order valence-corrected chi connectivity index (χ0v) is 11.8. The number of rotatable bonds is 7. The van der Waals surface area contributed by atoms with Gasteiger partial charge in [0.2, 0.25) is 0 Å². The smallest absolute Gasteiger partial charge is 0.161 e. The maximum Gasteiger partial charge on any atom is 0.161 e. The normalized spacial score (nSPS) is 21.8. The van der Waals surface area contributed by atoms with E-state index in [1.165, 1.54) is 6.42 Å². The highest BCUT2D eigenvalue weighted by atomic mass is 16.5. The molecule has 0 aliphatic heterocycles. The van der Waals surface area contributed by atoms with E-state index < -0.39 is 6.10 Å². The minimum atomic E-state index is -0.513. The lowest BCUT2D eigenvalue weighted by Gasteiger charge is -2.15. The first kappa shape index (κ1) is 14.2. The molecule has 0 saturated heterocycles. The van der Waals surface area contributed by atoms with Crippen molar-refractivity contribution in [2.45, 2.75) is 32.4 Å². The van der Waals surface area contributed by atoms with Crippen LogP contribution < -0.4 is 14.8 Å². The molecular weight excluding hydrogens is 242 g/mol. The van der Waals surface area contributed by atoms with Crippen molar-refractivity contribution >= 4 is 0 Å². The summed E-state index contributed by atoms with van der Waals surface area (Å²) in [6, 6.07) is 7.97. The molecule has 4 nitrogen and oxygen atoms in total. The zero-order valence-electron chi connectivity index (χ0n) is 11.8. The van der Waals surface area contributed by atoms with Crippen LogP contribution in [0.5, 0.6) is 11.5 Å². The molecular formula is C15H23NO3. The van der Waals surface area contributed by atoms with Crippen molar-refractivity contribution in [3.05, 3.63) is 24.3 Å². The second kappa shape index (κ2) is 5.80. The van der Waals surface area contributed by atoms with Gasteiger partial charge in [0.25, 0.3) is 0 Å². The van der Waals surface area contributed by atoms with Gasteiger partial charge in [0.15, 0.2) is 11.5 Å². The van der Waals surface area contributed by atoms with Gasteiger partial charge in [-0.1, -0.05) is 26.0 Å². The second-order valence-electron chi connectivity index (χ2n) is 5.77. The van der Waals surface area contributed by atoms with E-state index in [0.29, 0.717) is 29.5 Å². The quantitative estimate of drug-likeness (QED) is 0.789. The fourth-order valence-electron chi connectivity index (χ4n) is 2.08. The molecule has 1 aliphatic rings. The summed E-state index contributed by atoms with van der Waals surface area (Å²) < 4.78 is 10.8. The molecule has 0 aromatic heterocycles. The maximum absolute atomic E-state index is 9.89. The largest absolute Gasteiger partial charge is 0.493 e. The fraction of sp³-hybridized carbons (Fsp3) is 0.600. The van der Waals surface area contributed by atoms with Crippen LogP contribution in [0.4, 0.5) is 0 Å². The Labute approximate surface area is 114 Å². The summed E-state index contributed by atoms with van der Waals surface area (Å²) in [7, 11) is 1.61. The van der Waals surface area contributed by atoms with Crippen molar-refractivity contribution < 1.29 is 14.6 Å². The van der Waals surface area contributed by atoms with Gasteiger partial charge < -0.3 is 19.9 Å². The van der Waals surface area contributed by atoms with Crippen LogP contribution >= 0.6 is 0 Å². The maximum atomic E-state index is 9.89. The molecule has 0 spiro atoms. The summed E-state index contributed by atoms with van der Waals surface area (Å²) >= 11 is 0. The highest BCUT2D eigenvalue weighted by Crippen LogP contribution is 2.44. The Balaban J connectivity index is 1.72. The van der Waals surface area contributed by atoms with Crippen molar-refractivity contribution in [3.8, 4) is 11.5 Å². The van der Waals surface area contributed by atoms with Crippen LogP contribution in [0.15, 0.2) is 24.3 Å². The number of ether oxygens (including phenoxy) is 2. The average Bonchev–Trinajstić information content (AvgIpc) is 3.02. The number of methoxy groups -OCH3 is 1. The van der Waals surface area contributed by atoms with Gasteiger partial charge in [-0.15, -0.1) is 0 Å². The Hall–Kier alpha value is -1.26. The highest BCUT2D eigenvalue weighted by molar-refractivity contribution is 5.39. The third kappa shape index (κ3) is 3.85. The molecule has 0 amide bonds. The average molecular weight is 265 g/mol. The minimum Gasteiger partial charge on any atom is -0.493 e. The molecule has 0 heterocycles. The predicted octanol–water partition coefficient (Wildman–Crippen LogP) is 1.82. The summed E-state index contributed by atoms with van der Waals surface area (Å²) in [5.74, 6) is 1.35. The van der Waals surface area contributed by atoms with E-state index in [9.17, 15) is 5.11 Å². The molecule has 2 unspecified atom stereocenters. The minimum absolute atomic E-state index is 0.264. The fourth-order valence-corrected chi connectivity index (χ4v) is 2.08. The highest BCUT2D eigenvalue weighted by Gasteiger charge is 2.45. The molecule has 1 fully saturated rings. The van der Waals surface area contributed by atoms with Gasteiger partial charge in [0, 0.05) is 12.6 Å². The molecule has 1 aromatic rings. The molecule has 2 rings (SSSR count). The van der Waals surface area contributed by atoms with E-state index in [-0.39, 0.29) is 6.61 Å². The number of hydrogen-bond donors (Lipinski definition) is 2. The lowest BCUT2D eigenvalue weighted by atomic mass is 10.2. The molecule has 106 valence electrons. The van der Waals surface area contributed by atoms with Gasteiger partial charge in [-0.2, -0.15) is 0 Å². The van der Waals surface area contributed by atoms with Gasteiger partial charge in [0.1, 0.15) is 12.7 Å². The Morgan fingerprint density at radius 1 is 1.37 bits per heavy atom. The predicted molar refractivity (Wildman–Crippen MR) is 74.7 cm³/mol. The van der Waals surface area contributed by atoms with Crippen molar-refractivity contribution in [1.29, 1.82) is 0 Å². The molecule has 1 aromatic carbocycles. The van der Waals surface area contributed by atoms with E-state index in [0.717, 1.165) is 0 Å². The van der Waals surface area contributed by atoms with Gasteiger partial charge in [-0.05, 0) is 24.0 Å². The van der Waals surface area contributed by atoms with Crippen molar-refractivity contribution in [2.75, 3.05) is 20.3 Å². The first-order valence-electron chi connectivity index (χ1n) is 6.70. The van der Waals surface area contributed by atoms with Crippen LogP contribution in [0.2, 0.25) is 0 Å². The van der Waals surface area contributed by atoms with Crippen LogP contribution in [0.3, 0.4) is 0 Å². The lowest BCUT2D eigenvalue weighted by Crippen LogP contribution is -2.34. The van der Waals surface area contributed by atoms with Crippen LogP contribution in [-0.4, -0.2) is 37.5 Å². The van der Waals surface area contributed by atoms with E-state index in [1.54, 1.807) is 7.11 Å². The second-order valence-corrected chi connectivity index (χ2v) is 5.77. The zero-order chi connectivity index (χ0) is 13.9. The van der Waals surface area contributed by atoms with Crippen LogP contribution in [0, 0.1) is 5.41 Å². The van der Waals surface area contributed by atoms with E-state index in [2.05, 4.69) is 19.2 Å². The van der Waals surface area contributed by atoms with Crippen LogP contribution in [0.1, 0.15) is 20.3 Å². The number of aliphatic hydroxyl groups excluding tert-OH is 1. The van der Waals surface area contributed by atoms with E-state index in [1.807, 2.05) is 24.3 Å². The topological polar surface area (TPSA) is 50.7 Å². The standard InChI is InChI=1S/C15H23NO3/c1-15(2)8-14(15)16-9-11(17)10-19-13-7-5-4-6-12(13)18-3/h4-7,11,14,16-17H,8-10H2,1-3H3. The van der Waals surface area contributed by atoms with Gasteiger partial charge in [-0.25, -0.2) is 0 Å². The van der Waals surface area contributed by atoms with Crippen molar-refractivity contribution in [1.82, 2.24) is 5.32 Å². The first-order valence-corrected chi connectivity index (χ1v) is 6.70. The third-order valence-corrected chi connectivity index (χ3v) is 3.61. The number of hydrogen-bond acceptors (Lipinski definition) is 4. The van der Waals surface area contributed by atoms with Crippen LogP contribution in [0.25, 0.3) is 0 Å². The Morgan fingerprint density at radius 2 is 2.00 bits per heavy atom. The molecule has 1 saturated carbocycles. The van der Waals surface area contributed by atoms with E-state index in [4.69, 9.17) is 9.47 Å². The number of benzene rings is 1. The molecule has 19 heavy (non-hydrogen) atoms. The Kier molecular flexibility index (Phi) is 4.32. The summed E-state index contributed by atoms with van der Waals surface area (Å²) in [4.78, 5) is 0. The lowest BCUT2D eigenvalue weighted by molar-refractivity contribution is 0.103. The third-order valence-electron chi connectivity index (χ3n) is 3.61. The Morgan fingerprint density at radius 3 is 2.58 bits per heavy atom. The van der Waals surface area contributed by atoms with Gasteiger partial charge in [0.05, 0.1) is 7.11 Å². The molecule has 0 bridgehead atoms. The summed E-state index contributed by atoms with van der Waals surface area (Å²) in [6.07, 6.45) is 0.661. The van der Waals surface area contributed by atoms with Crippen LogP contribution in [-0.2, 0) is 0 Å². The summed E-state index contributed by atoms with van der Waals surface area (Å²) in [6.45, 7) is 5.27. The summed E-state index contributed by atoms with van der Waals surface area (Å²) in [5.41, 5.74) is 0.378. The molecule has 1 aliphatic carbocycles.